The average molecular weight is 394 g/mol. The van der Waals surface area contributed by atoms with E-state index in [0.29, 0.717) is 17.0 Å². The van der Waals surface area contributed by atoms with E-state index in [2.05, 4.69) is 20.6 Å². The Morgan fingerprint density at radius 2 is 1.70 bits per heavy atom. The van der Waals surface area contributed by atoms with E-state index in [4.69, 9.17) is 0 Å². The van der Waals surface area contributed by atoms with Crippen LogP contribution in [-0.4, -0.2) is 28.7 Å². The summed E-state index contributed by atoms with van der Waals surface area (Å²) in [6.07, 6.45) is 0.715. The molecule has 4 aromatic rings. The van der Waals surface area contributed by atoms with Gasteiger partial charge in [0.2, 0.25) is 6.17 Å². The number of rotatable bonds is 3. The maximum absolute atomic E-state index is 13.0. The number of hydrogen-bond donors (Lipinski definition) is 3. The number of aromatic nitrogens is 1. The van der Waals surface area contributed by atoms with Gasteiger partial charge in [-0.2, -0.15) is 0 Å². The molecule has 30 heavy (non-hydrogen) atoms. The number of para-hydroxylation sites is 2. The monoisotopic (exact) mass is 394 g/mol. The normalized spacial score (nSPS) is 15.7. The second kappa shape index (κ2) is 7.33. The van der Waals surface area contributed by atoms with Crippen LogP contribution in [0.2, 0.25) is 0 Å². The first kappa shape index (κ1) is 17.9. The topological polar surface area (TPSA) is 86.3 Å². The summed E-state index contributed by atoms with van der Waals surface area (Å²) in [4.78, 5) is 33.7. The summed E-state index contributed by atoms with van der Waals surface area (Å²) < 4.78 is 0. The average Bonchev–Trinajstić information content (AvgIpc) is 3.21. The number of hydrogen-bond acceptors (Lipinski definition) is 3. The second-order valence-electron chi connectivity index (χ2n) is 7.00. The zero-order valence-electron chi connectivity index (χ0n) is 15.9. The second-order valence-corrected chi connectivity index (χ2v) is 7.00. The van der Waals surface area contributed by atoms with Gasteiger partial charge in [0.05, 0.1) is 22.5 Å². The highest BCUT2D eigenvalue weighted by Gasteiger charge is 2.27. The molecule has 2 amide bonds. The Balaban J connectivity index is 1.56. The van der Waals surface area contributed by atoms with Crippen molar-refractivity contribution in [1.82, 2.24) is 10.3 Å². The molecule has 1 atom stereocenters. The number of amides is 2. The third kappa shape index (κ3) is 3.14. The van der Waals surface area contributed by atoms with E-state index in [1.165, 1.54) is 0 Å². The van der Waals surface area contributed by atoms with Gasteiger partial charge < -0.3 is 15.6 Å². The Kier molecular flexibility index (Phi) is 4.37. The van der Waals surface area contributed by atoms with E-state index in [1.54, 1.807) is 12.3 Å². The largest absolute Gasteiger partial charge is 0.361 e. The molecule has 146 valence electrons. The van der Waals surface area contributed by atoms with Gasteiger partial charge in [-0.15, -0.1) is 0 Å². The van der Waals surface area contributed by atoms with Crippen LogP contribution in [0.1, 0.15) is 21.5 Å². The smallest absolute Gasteiger partial charge is 0.269 e. The van der Waals surface area contributed by atoms with Crippen LogP contribution in [0.3, 0.4) is 0 Å². The van der Waals surface area contributed by atoms with E-state index in [-0.39, 0.29) is 11.8 Å². The zero-order chi connectivity index (χ0) is 20.5. The van der Waals surface area contributed by atoms with Gasteiger partial charge >= 0.3 is 0 Å². The van der Waals surface area contributed by atoms with Crippen LogP contribution in [0.4, 0.5) is 5.69 Å². The molecule has 5 rings (SSSR count). The van der Waals surface area contributed by atoms with Crippen molar-refractivity contribution in [2.75, 3.05) is 5.32 Å². The number of aromatic amines is 1. The molecule has 1 aliphatic rings. The fraction of sp³-hybridized carbons (Fsp3) is 0.0417. The molecule has 3 N–H and O–H groups in total. The highest BCUT2D eigenvalue weighted by molar-refractivity contribution is 6.20. The van der Waals surface area contributed by atoms with Gasteiger partial charge in [-0.25, -0.2) is 4.99 Å². The van der Waals surface area contributed by atoms with Gasteiger partial charge in [0, 0.05) is 22.7 Å². The SMILES string of the molecule is O=C(NC1N=C(c2ccccc2)c2ccccc2NC1=O)c1cccc2cc[nH]c12. The number of carbonyl (C=O) groups is 2. The third-order valence-corrected chi connectivity index (χ3v) is 5.09. The first-order valence-electron chi connectivity index (χ1n) is 9.61. The number of carbonyl (C=O) groups excluding carboxylic acids is 2. The lowest BCUT2D eigenvalue weighted by Gasteiger charge is -2.14. The van der Waals surface area contributed by atoms with Crippen molar-refractivity contribution < 1.29 is 9.59 Å². The molecular formula is C24H18N4O2. The van der Waals surface area contributed by atoms with E-state index in [1.807, 2.05) is 72.8 Å². The van der Waals surface area contributed by atoms with E-state index >= 15 is 0 Å². The van der Waals surface area contributed by atoms with Crippen LogP contribution >= 0.6 is 0 Å². The number of nitrogens with one attached hydrogen (secondary N) is 3. The standard InChI is InChI=1S/C24H18N4O2/c29-23(18-11-6-9-16-13-14-25-20(16)18)28-22-24(30)26-19-12-5-4-10-17(19)21(27-22)15-7-2-1-3-8-15/h1-14,22,25H,(H,26,30)(H,28,29). The van der Waals surface area contributed by atoms with Gasteiger partial charge in [-0.3, -0.25) is 9.59 Å². The van der Waals surface area contributed by atoms with Crippen LogP contribution in [0, 0.1) is 0 Å². The van der Waals surface area contributed by atoms with Crippen molar-refractivity contribution in [2.24, 2.45) is 4.99 Å². The summed E-state index contributed by atoms with van der Waals surface area (Å²) in [6, 6.07) is 24.5. The van der Waals surface area contributed by atoms with Crippen LogP contribution in [0.15, 0.2) is 90.1 Å². The highest BCUT2D eigenvalue weighted by atomic mass is 16.2. The number of anilines is 1. The minimum Gasteiger partial charge on any atom is -0.361 e. The van der Waals surface area contributed by atoms with Crippen LogP contribution in [0.25, 0.3) is 10.9 Å². The maximum Gasteiger partial charge on any atom is 0.269 e. The van der Waals surface area contributed by atoms with Gasteiger partial charge in [-0.1, -0.05) is 60.7 Å². The van der Waals surface area contributed by atoms with Crippen molar-refractivity contribution in [3.8, 4) is 0 Å². The third-order valence-electron chi connectivity index (χ3n) is 5.09. The summed E-state index contributed by atoms with van der Waals surface area (Å²) in [7, 11) is 0. The number of aliphatic imine (C=N–C) groups is 1. The van der Waals surface area contributed by atoms with E-state index in [9.17, 15) is 9.59 Å². The summed E-state index contributed by atoms with van der Waals surface area (Å²) in [5, 5.41) is 6.59. The fourth-order valence-electron chi connectivity index (χ4n) is 3.66. The molecule has 0 fully saturated rings. The summed E-state index contributed by atoms with van der Waals surface area (Å²) in [5.41, 5.74) is 4.16. The van der Waals surface area contributed by atoms with Gasteiger partial charge in [-0.05, 0) is 18.2 Å². The lowest BCUT2D eigenvalue weighted by atomic mass is 10.0. The predicted molar refractivity (Wildman–Crippen MR) is 117 cm³/mol. The molecule has 0 aliphatic carbocycles. The minimum atomic E-state index is -1.06. The van der Waals surface area contributed by atoms with Crippen molar-refractivity contribution in [3.05, 3.63) is 102 Å². The van der Waals surface area contributed by atoms with Crippen LogP contribution in [0.5, 0.6) is 0 Å². The molecule has 0 saturated carbocycles. The summed E-state index contributed by atoms with van der Waals surface area (Å²) >= 11 is 0. The number of benzodiazepines with no additional fused rings is 1. The molecule has 1 aliphatic heterocycles. The molecule has 6 heteroatoms. The predicted octanol–water partition coefficient (Wildman–Crippen LogP) is 3.71. The molecule has 1 aromatic heterocycles. The van der Waals surface area contributed by atoms with Crippen LogP contribution in [-0.2, 0) is 4.79 Å². The molecule has 2 heterocycles. The summed E-state index contributed by atoms with van der Waals surface area (Å²) in [6.45, 7) is 0. The molecule has 6 nitrogen and oxygen atoms in total. The number of benzene rings is 3. The Morgan fingerprint density at radius 1 is 0.900 bits per heavy atom. The maximum atomic E-state index is 13.0. The molecule has 0 spiro atoms. The van der Waals surface area contributed by atoms with Crippen molar-refractivity contribution >= 4 is 34.1 Å². The Bertz CT molecular complexity index is 1290. The van der Waals surface area contributed by atoms with E-state index < -0.39 is 6.17 Å². The van der Waals surface area contributed by atoms with Gasteiger partial charge in [0.25, 0.3) is 11.8 Å². The van der Waals surface area contributed by atoms with Gasteiger partial charge in [0.15, 0.2) is 0 Å². The molecule has 1 unspecified atom stereocenters. The Hall–Kier alpha value is -4.19. The number of H-pyrrole nitrogens is 1. The lowest BCUT2D eigenvalue weighted by molar-refractivity contribution is -0.117. The molecular weight excluding hydrogens is 376 g/mol. The fourth-order valence-corrected chi connectivity index (χ4v) is 3.66. The number of nitrogens with zero attached hydrogens (tertiary/aromatic N) is 1. The highest BCUT2D eigenvalue weighted by Crippen LogP contribution is 2.24. The minimum absolute atomic E-state index is 0.370. The van der Waals surface area contributed by atoms with Crippen LogP contribution < -0.4 is 10.6 Å². The van der Waals surface area contributed by atoms with Crippen molar-refractivity contribution in [3.63, 3.8) is 0 Å². The van der Waals surface area contributed by atoms with Crippen molar-refractivity contribution in [2.45, 2.75) is 6.17 Å². The van der Waals surface area contributed by atoms with E-state index in [0.717, 1.165) is 22.0 Å². The summed E-state index contributed by atoms with van der Waals surface area (Å²) in [5.74, 6) is -0.759. The first-order valence-corrected chi connectivity index (χ1v) is 9.61. The number of fused-ring (bicyclic) bond motifs is 2. The molecule has 0 bridgehead atoms. The Labute approximate surface area is 172 Å². The molecule has 0 radical (unpaired) electrons. The lowest BCUT2D eigenvalue weighted by Crippen LogP contribution is -2.42. The first-order chi connectivity index (χ1) is 14.7. The zero-order valence-corrected chi connectivity index (χ0v) is 15.9. The Morgan fingerprint density at radius 3 is 2.57 bits per heavy atom. The quantitative estimate of drug-likeness (QED) is 0.495. The van der Waals surface area contributed by atoms with Gasteiger partial charge in [0.1, 0.15) is 0 Å². The molecule has 3 aromatic carbocycles. The van der Waals surface area contributed by atoms with Crippen molar-refractivity contribution in [1.29, 1.82) is 0 Å². The molecule has 0 saturated heterocycles.